The van der Waals surface area contributed by atoms with Gasteiger partial charge in [-0.05, 0) is 25.1 Å². The smallest absolute Gasteiger partial charge is 0.253 e. The van der Waals surface area contributed by atoms with Gasteiger partial charge in [-0.1, -0.05) is 16.8 Å². The van der Waals surface area contributed by atoms with Crippen LogP contribution in [0.4, 0.5) is 5.69 Å². The van der Waals surface area contributed by atoms with Crippen molar-refractivity contribution in [2.75, 3.05) is 12.4 Å². The summed E-state index contributed by atoms with van der Waals surface area (Å²) < 4.78 is 5.02. The van der Waals surface area contributed by atoms with Gasteiger partial charge in [0.1, 0.15) is 0 Å². The molecule has 1 aromatic heterocycles. The highest BCUT2D eigenvalue weighted by molar-refractivity contribution is 6.31. The summed E-state index contributed by atoms with van der Waals surface area (Å²) in [5.74, 6) is 0.389. The highest BCUT2D eigenvalue weighted by Crippen LogP contribution is 2.20. The van der Waals surface area contributed by atoms with Crippen LogP contribution in [0.15, 0.2) is 28.8 Å². The number of aryl methyl sites for hydroxylation is 1. The summed E-state index contributed by atoms with van der Waals surface area (Å²) in [6.45, 7) is 2.11. The number of rotatable bonds is 4. The molecule has 19 heavy (non-hydrogen) atoms. The van der Waals surface area contributed by atoms with Gasteiger partial charge in [0.05, 0.1) is 17.8 Å². The molecule has 0 spiro atoms. The van der Waals surface area contributed by atoms with Crippen LogP contribution in [-0.4, -0.2) is 18.1 Å². The third kappa shape index (κ3) is 3.26. The van der Waals surface area contributed by atoms with Gasteiger partial charge in [0, 0.05) is 23.8 Å². The number of nitrogens with zero attached hydrogens (tertiary/aromatic N) is 1. The Bertz CT molecular complexity index is 595. The van der Waals surface area contributed by atoms with Crippen molar-refractivity contribution in [3.8, 4) is 0 Å². The van der Waals surface area contributed by atoms with Gasteiger partial charge in [0.15, 0.2) is 5.76 Å². The van der Waals surface area contributed by atoms with Crippen LogP contribution in [0.1, 0.15) is 21.8 Å². The lowest BCUT2D eigenvalue weighted by atomic mass is 10.1. The molecule has 0 saturated carbocycles. The molecule has 6 heteroatoms. The van der Waals surface area contributed by atoms with Crippen LogP contribution in [0.5, 0.6) is 0 Å². The van der Waals surface area contributed by atoms with E-state index in [9.17, 15) is 4.79 Å². The van der Waals surface area contributed by atoms with E-state index < -0.39 is 0 Å². The van der Waals surface area contributed by atoms with Crippen LogP contribution in [0, 0.1) is 6.92 Å². The van der Waals surface area contributed by atoms with E-state index in [2.05, 4.69) is 15.8 Å². The van der Waals surface area contributed by atoms with Gasteiger partial charge in [-0.2, -0.15) is 0 Å². The van der Waals surface area contributed by atoms with Gasteiger partial charge < -0.3 is 15.2 Å². The summed E-state index contributed by atoms with van der Waals surface area (Å²) in [6.07, 6.45) is 0. The lowest BCUT2D eigenvalue weighted by Gasteiger charge is -2.09. The number of halogens is 1. The first kappa shape index (κ1) is 13.4. The number of nitrogens with one attached hydrogen (secondary N) is 2. The molecular formula is C13H14ClN3O2. The largest absolute Gasteiger partial charge is 0.387 e. The van der Waals surface area contributed by atoms with E-state index in [0.717, 1.165) is 11.4 Å². The molecular weight excluding hydrogens is 266 g/mol. The fraction of sp³-hybridized carbons (Fsp3) is 0.231. The second-order valence-corrected chi connectivity index (χ2v) is 4.49. The standard InChI is InChI=1S/C13H14ClN3O2/c1-8-5-10(19-17-8)7-16-13(18)11-6-9(14)3-4-12(11)15-2/h3-6,15H,7H2,1-2H3,(H,16,18). The number of hydrogen-bond donors (Lipinski definition) is 2. The topological polar surface area (TPSA) is 67.2 Å². The Morgan fingerprint density at radius 2 is 2.21 bits per heavy atom. The van der Waals surface area contributed by atoms with Crippen molar-refractivity contribution in [3.63, 3.8) is 0 Å². The van der Waals surface area contributed by atoms with Crippen LogP contribution in [0.25, 0.3) is 0 Å². The molecule has 0 atom stereocenters. The maximum Gasteiger partial charge on any atom is 0.253 e. The number of anilines is 1. The van der Waals surface area contributed by atoms with Crippen molar-refractivity contribution in [2.45, 2.75) is 13.5 Å². The quantitative estimate of drug-likeness (QED) is 0.903. The Hall–Kier alpha value is -2.01. The Morgan fingerprint density at radius 1 is 1.42 bits per heavy atom. The molecule has 100 valence electrons. The van der Waals surface area contributed by atoms with E-state index in [-0.39, 0.29) is 12.5 Å². The van der Waals surface area contributed by atoms with Crippen LogP contribution in [0.3, 0.4) is 0 Å². The zero-order valence-corrected chi connectivity index (χ0v) is 11.4. The van der Waals surface area contributed by atoms with Crippen molar-refractivity contribution in [1.82, 2.24) is 10.5 Å². The number of carbonyl (C=O) groups is 1. The monoisotopic (exact) mass is 279 g/mol. The average molecular weight is 280 g/mol. The van der Waals surface area contributed by atoms with Crippen LogP contribution in [0.2, 0.25) is 5.02 Å². The second-order valence-electron chi connectivity index (χ2n) is 4.06. The van der Waals surface area contributed by atoms with Crippen molar-refractivity contribution in [1.29, 1.82) is 0 Å². The fourth-order valence-corrected chi connectivity index (χ4v) is 1.86. The van der Waals surface area contributed by atoms with E-state index in [0.29, 0.717) is 16.3 Å². The summed E-state index contributed by atoms with van der Waals surface area (Å²) >= 11 is 5.90. The third-order valence-corrected chi connectivity index (χ3v) is 2.83. The van der Waals surface area contributed by atoms with Gasteiger partial charge >= 0.3 is 0 Å². The zero-order chi connectivity index (χ0) is 13.8. The molecule has 0 aliphatic carbocycles. The molecule has 2 aromatic rings. The van der Waals surface area contributed by atoms with Crippen LogP contribution in [-0.2, 0) is 6.54 Å². The van der Waals surface area contributed by atoms with Crippen LogP contribution < -0.4 is 10.6 Å². The molecule has 0 saturated heterocycles. The minimum absolute atomic E-state index is 0.221. The number of benzene rings is 1. The van der Waals surface area contributed by atoms with E-state index in [1.165, 1.54) is 0 Å². The van der Waals surface area contributed by atoms with Crippen LogP contribution >= 0.6 is 11.6 Å². The number of aromatic nitrogens is 1. The van der Waals surface area contributed by atoms with Gasteiger partial charge in [-0.25, -0.2) is 0 Å². The minimum Gasteiger partial charge on any atom is -0.387 e. The molecule has 5 nitrogen and oxygen atoms in total. The molecule has 2 N–H and O–H groups in total. The van der Waals surface area contributed by atoms with Gasteiger partial charge in [0.25, 0.3) is 5.91 Å². The average Bonchev–Trinajstić information content (AvgIpc) is 2.81. The molecule has 0 aliphatic heterocycles. The lowest BCUT2D eigenvalue weighted by Crippen LogP contribution is -2.23. The minimum atomic E-state index is -0.221. The first-order chi connectivity index (χ1) is 9.10. The number of hydrogen-bond acceptors (Lipinski definition) is 4. The van der Waals surface area contributed by atoms with E-state index in [1.54, 1.807) is 31.3 Å². The molecule has 0 aliphatic rings. The molecule has 1 heterocycles. The van der Waals surface area contributed by atoms with Crippen molar-refractivity contribution in [3.05, 3.63) is 46.3 Å². The van der Waals surface area contributed by atoms with E-state index in [4.69, 9.17) is 16.1 Å². The maximum absolute atomic E-state index is 12.1. The molecule has 0 radical (unpaired) electrons. The number of carbonyl (C=O) groups excluding carboxylic acids is 1. The predicted octanol–water partition coefficient (Wildman–Crippen LogP) is 2.61. The lowest BCUT2D eigenvalue weighted by molar-refractivity contribution is 0.0948. The van der Waals surface area contributed by atoms with Gasteiger partial charge in [0.2, 0.25) is 0 Å². The first-order valence-electron chi connectivity index (χ1n) is 5.78. The summed E-state index contributed by atoms with van der Waals surface area (Å²) in [6, 6.07) is 6.88. The third-order valence-electron chi connectivity index (χ3n) is 2.60. The zero-order valence-electron chi connectivity index (χ0n) is 10.7. The highest BCUT2D eigenvalue weighted by Gasteiger charge is 2.12. The molecule has 0 unspecified atom stereocenters. The fourth-order valence-electron chi connectivity index (χ4n) is 1.68. The predicted molar refractivity (Wildman–Crippen MR) is 73.4 cm³/mol. The summed E-state index contributed by atoms with van der Waals surface area (Å²) in [5, 5.41) is 9.98. The summed E-state index contributed by atoms with van der Waals surface area (Å²) in [4.78, 5) is 12.1. The molecule has 2 rings (SSSR count). The molecule has 1 amide bonds. The maximum atomic E-state index is 12.1. The Labute approximate surface area is 115 Å². The summed E-state index contributed by atoms with van der Waals surface area (Å²) in [7, 11) is 1.75. The second kappa shape index (κ2) is 5.75. The van der Waals surface area contributed by atoms with E-state index in [1.807, 2.05) is 6.92 Å². The van der Waals surface area contributed by atoms with Gasteiger partial charge in [-0.3, -0.25) is 4.79 Å². The molecule has 1 aromatic carbocycles. The Kier molecular flexibility index (Phi) is 4.06. The SMILES string of the molecule is CNc1ccc(Cl)cc1C(=O)NCc1cc(C)no1. The summed E-state index contributed by atoms with van der Waals surface area (Å²) in [5.41, 5.74) is 1.99. The van der Waals surface area contributed by atoms with Crippen molar-refractivity contribution < 1.29 is 9.32 Å². The normalized spacial score (nSPS) is 10.3. The van der Waals surface area contributed by atoms with Gasteiger partial charge in [-0.15, -0.1) is 0 Å². The number of amides is 1. The molecule has 0 fully saturated rings. The Morgan fingerprint density at radius 3 is 2.84 bits per heavy atom. The molecule has 0 bridgehead atoms. The van der Waals surface area contributed by atoms with Crippen molar-refractivity contribution >= 4 is 23.2 Å². The highest BCUT2D eigenvalue weighted by atomic mass is 35.5. The Balaban J connectivity index is 2.09. The first-order valence-corrected chi connectivity index (χ1v) is 6.15. The van der Waals surface area contributed by atoms with Crippen molar-refractivity contribution in [2.24, 2.45) is 0 Å². The van der Waals surface area contributed by atoms with E-state index >= 15 is 0 Å².